The van der Waals surface area contributed by atoms with E-state index in [1.807, 2.05) is 0 Å². The van der Waals surface area contributed by atoms with Crippen molar-refractivity contribution in [1.29, 1.82) is 0 Å². The highest BCUT2D eigenvalue weighted by atomic mass is 32.2. The van der Waals surface area contributed by atoms with Gasteiger partial charge in [0.05, 0.1) is 0 Å². The van der Waals surface area contributed by atoms with E-state index in [-0.39, 0.29) is 44.8 Å². The number of hydrogen-bond acceptors (Lipinski definition) is 10. The van der Waals surface area contributed by atoms with Crippen LogP contribution in [0.15, 0.2) is 107 Å². The van der Waals surface area contributed by atoms with Crippen molar-refractivity contribution >= 4 is 43.2 Å². The van der Waals surface area contributed by atoms with Crippen molar-refractivity contribution in [3.8, 4) is 11.1 Å². The van der Waals surface area contributed by atoms with Crippen LogP contribution in [0.3, 0.4) is 0 Å². The Morgan fingerprint density at radius 2 is 0.870 bits per heavy atom. The van der Waals surface area contributed by atoms with E-state index in [4.69, 9.17) is 11.7 Å². The van der Waals surface area contributed by atoms with Gasteiger partial charge in [-0.2, -0.15) is 27.0 Å². The molecule has 234 valence electrons. The maximum absolute atomic E-state index is 13.1. The summed E-state index contributed by atoms with van der Waals surface area (Å²) in [6.45, 7) is 0. The summed E-state index contributed by atoms with van der Waals surface area (Å²) in [6.07, 6.45) is -0.968. The van der Waals surface area contributed by atoms with Crippen molar-refractivity contribution in [2.24, 2.45) is 21.9 Å². The van der Waals surface area contributed by atoms with Crippen LogP contribution in [0.1, 0.15) is 55.8 Å². The Hall–Kier alpha value is -5.02. The van der Waals surface area contributed by atoms with Crippen LogP contribution in [0.2, 0.25) is 0 Å². The zero-order chi connectivity index (χ0) is 33.1. The van der Waals surface area contributed by atoms with E-state index in [2.05, 4.69) is 10.2 Å². The third-order valence-corrected chi connectivity index (χ3v) is 11.8. The molecule has 46 heavy (non-hydrogen) atoms. The van der Waals surface area contributed by atoms with Crippen molar-refractivity contribution in [1.82, 2.24) is 0 Å². The van der Waals surface area contributed by atoms with Gasteiger partial charge in [0.25, 0.3) is 20.2 Å². The number of benzene rings is 4. The minimum Gasteiger partial charge on any atom is -0.323 e. The molecule has 4 aromatic rings. The molecule has 2 aliphatic rings. The maximum atomic E-state index is 13.1. The molecule has 0 spiro atoms. The van der Waals surface area contributed by atoms with Gasteiger partial charge in [0.1, 0.15) is 11.4 Å². The molecule has 4 aromatic carbocycles. The van der Waals surface area contributed by atoms with Gasteiger partial charge < -0.3 is 11.7 Å². The van der Waals surface area contributed by atoms with Gasteiger partial charge in [0.15, 0.2) is 9.49 Å². The normalized spacial score (nSPS) is 23.3. The minimum atomic E-state index is -4.88. The van der Waals surface area contributed by atoms with Gasteiger partial charge in [-0.3, -0.25) is 18.7 Å². The number of ketones is 2. The average molecular weight is 659 g/mol. The Kier molecular flexibility index (Phi) is 7.28. The topological polar surface area (TPSA) is 220 Å². The summed E-state index contributed by atoms with van der Waals surface area (Å²) in [7, 11) is -9.77. The van der Waals surface area contributed by atoms with Crippen LogP contribution >= 0.6 is 0 Å². The molecular weight excluding hydrogens is 633 g/mol. The second-order valence-electron chi connectivity index (χ2n) is 11.0. The smallest absolute Gasteiger partial charge is 0.279 e. The summed E-state index contributed by atoms with van der Waals surface area (Å²) in [4.78, 5) is 25.8. The fraction of sp³-hybridized carbons (Fsp3) is 0.125. The summed E-state index contributed by atoms with van der Waals surface area (Å²) in [5.74, 6) is 9.83. The Labute approximate surface area is 264 Å². The average Bonchev–Trinajstić information content (AvgIpc) is 3.05. The molecule has 2 atom stereocenters. The lowest BCUT2D eigenvalue weighted by molar-refractivity contribution is 0.105. The van der Waals surface area contributed by atoms with E-state index in [0.717, 1.165) is 0 Å². The standard InChI is InChI=1S/C32H26N4O8S2/c33-35-27-17-31(45(39,40)41,25-7-3-1-5-23(25)29(27)37)21-13-9-19(10-14-21)20-11-15-22(16-12-20)32(46(42,43)44)18-28(36-34)30(38)24-6-2-4-8-26(24)32/h1-16H,17-18,33-34H2,(H,39,40,41)(H,42,43,44)/b35-27+,36-28+. The number of carbonyl (C=O) groups is 2. The summed E-state index contributed by atoms with van der Waals surface area (Å²) in [6, 6.07) is 24.5. The molecule has 0 aromatic heterocycles. The Balaban J connectivity index is 1.45. The monoisotopic (exact) mass is 658 g/mol. The van der Waals surface area contributed by atoms with Gasteiger partial charge >= 0.3 is 0 Å². The highest BCUT2D eigenvalue weighted by Gasteiger charge is 2.54. The van der Waals surface area contributed by atoms with E-state index in [0.29, 0.717) is 11.1 Å². The third-order valence-electron chi connectivity index (χ3n) is 8.80. The van der Waals surface area contributed by atoms with Gasteiger partial charge in [-0.1, -0.05) is 97.1 Å². The number of hydrogen-bond donors (Lipinski definition) is 4. The summed E-state index contributed by atoms with van der Waals surface area (Å²) in [5.41, 5.74) is 1.39. The van der Waals surface area contributed by atoms with Crippen LogP contribution < -0.4 is 11.7 Å². The third kappa shape index (κ3) is 4.41. The van der Waals surface area contributed by atoms with Crippen LogP contribution in [0.4, 0.5) is 0 Å². The van der Waals surface area contributed by atoms with E-state index in [9.17, 15) is 35.5 Å². The van der Waals surface area contributed by atoms with Crippen LogP contribution in [0, 0.1) is 0 Å². The first-order valence-corrected chi connectivity index (χ1v) is 16.7. The summed E-state index contributed by atoms with van der Waals surface area (Å²) < 4.78 is 69.4. The molecule has 2 aliphatic carbocycles. The van der Waals surface area contributed by atoms with E-state index < -0.39 is 54.1 Å². The predicted octanol–water partition coefficient (Wildman–Crippen LogP) is 3.42. The quantitative estimate of drug-likeness (QED) is 0.139. The molecule has 0 amide bonds. The van der Waals surface area contributed by atoms with Crippen LogP contribution in [0.5, 0.6) is 0 Å². The largest absolute Gasteiger partial charge is 0.323 e. The highest BCUT2D eigenvalue weighted by molar-refractivity contribution is 7.87. The van der Waals surface area contributed by atoms with E-state index in [1.54, 1.807) is 48.5 Å². The van der Waals surface area contributed by atoms with Gasteiger partial charge in [-0.05, 0) is 33.4 Å². The lowest BCUT2D eigenvalue weighted by atomic mass is 9.76. The van der Waals surface area contributed by atoms with Gasteiger partial charge in [0, 0.05) is 24.0 Å². The van der Waals surface area contributed by atoms with Crippen LogP contribution in [0.25, 0.3) is 11.1 Å². The first-order valence-electron chi connectivity index (χ1n) is 13.8. The van der Waals surface area contributed by atoms with Crippen molar-refractivity contribution in [2.75, 3.05) is 0 Å². The molecular formula is C32H26N4O8S2. The fourth-order valence-electron chi connectivity index (χ4n) is 6.55. The number of rotatable bonds is 5. The molecule has 14 heteroatoms. The second kappa shape index (κ2) is 10.8. The predicted molar refractivity (Wildman–Crippen MR) is 171 cm³/mol. The van der Waals surface area contributed by atoms with Crippen LogP contribution in [-0.2, 0) is 29.7 Å². The lowest BCUT2D eigenvalue weighted by Gasteiger charge is -2.36. The van der Waals surface area contributed by atoms with Gasteiger partial charge in [0.2, 0.25) is 11.6 Å². The first kappa shape index (κ1) is 31.0. The molecule has 6 N–H and O–H groups in total. The van der Waals surface area contributed by atoms with Gasteiger partial charge in [-0.25, -0.2) is 0 Å². The fourth-order valence-corrected chi connectivity index (χ4v) is 8.96. The minimum absolute atomic E-state index is 0.0526. The number of Topliss-reactive ketones (excluding diaryl/α,β-unsaturated/α-hetero) is 2. The zero-order valence-electron chi connectivity index (χ0n) is 23.9. The lowest BCUT2D eigenvalue weighted by Crippen LogP contribution is -2.45. The Morgan fingerprint density at radius 1 is 0.543 bits per heavy atom. The number of nitrogens with zero attached hydrogens (tertiary/aromatic N) is 2. The molecule has 0 radical (unpaired) electrons. The SMILES string of the molecule is N/N=C1\CC(c2ccc(-c3ccc(C4(S(=O)(=O)O)C/C(=N\N)C(=O)c5ccccc54)cc3)cc2)(S(=O)(=O)O)c2ccccc2C1=O. The maximum Gasteiger partial charge on any atom is 0.279 e. The van der Waals surface area contributed by atoms with Gasteiger partial charge in [-0.15, -0.1) is 0 Å². The Bertz CT molecular complexity index is 2060. The molecule has 0 aliphatic heterocycles. The van der Waals surface area contributed by atoms with Crippen molar-refractivity contribution in [3.63, 3.8) is 0 Å². The summed E-state index contributed by atoms with van der Waals surface area (Å²) in [5, 5.41) is 7.05. The molecule has 0 bridgehead atoms. The number of nitrogens with two attached hydrogens (primary N) is 2. The van der Waals surface area contributed by atoms with Crippen molar-refractivity contribution in [2.45, 2.75) is 22.3 Å². The molecule has 0 saturated heterocycles. The molecule has 0 saturated carbocycles. The van der Waals surface area contributed by atoms with Crippen molar-refractivity contribution < 1.29 is 35.5 Å². The second-order valence-corrected chi connectivity index (χ2v) is 14.3. The number of hydrazone groups is 2. The van der Waals surface area contributed by atoms with E-state index in [1.165, 1.54) is 48.5 Å². The molecule has 2 unspecified atom stereocenters. The molecule has 12 nitrogen and oxygen atoms in total. The van der Waals surface area contributed by atoms with Crippen LogP contribution in [-0.4, -0.2) is 48.9 Å². The zero-order valence-corrected chi connectivity index (χ0v) is 25.5. The molecule has 6 rings (SSSR count). The highest BCUT2D eigenvalue weighted by Crippen LogP contribution is 2.47. The van der Waals surface area contributed by atoms with Crippen molar-refractivity contribution in [3.05, 3.63) is 130 Å². The molecule has 0 heterocycles. The Morgan fingerprint density at radius 3 is 1.17 bits per heavy atom. The van der Waals surface area contributed by atoms with E-state index >= 15 is 0 Å². The first-order chi connectivity index (χ1) is 21.8. The summed E-state index contributed by atoms with van der Waals surface area (Å²) >= 11 is 0. The molecule has 0 fully saturated rings. The number of carbonyl (C=O) groups excluding carboxylic acids is 2. The number of fused-ring (bicyclic) bond motifs is 2.